The van der Waals surface area contributed by atoms with E-state index >= 15 is 0 Å². The Morgan fingerprint density at radius 1 is 1.39 bits per heavy atom. The van der Waals surface area contributed by atoms with Gasteiger partial charge in [-0.2, -0.15) is 0 Å². The van der Waals surface area contributed by atoms with Crippen LogP contribution in [0.3, 0.4) is 0 Å². The second-order valence-electron chi connectivity index (χ2n) is 4.82. The Morgan fingerprint density at radius 2 is 2.17 bits per heavy atom. The number of benzene rings is 1. The smallest absolute Gasteiger partial charge is 0.345 e. The molecule has 0 aliphatic heterocycles. The van der Waals surface area contributed by atoms with E-state index in [9.17, 15) is 14.0 Å². The number of fused-ring (bicyclic) bond motifs is 1. The van der Waals surface area contributed by atoms with E-state index in [1.807, 2.05) is 0 Å². The average molecular weight is 332 g/mol. The lowest BCUT2D eigenvalue weighted by molar-refractivity contribution is 0.0526. The maximum absolute atomic E-state index is 13.7. The molecule has 2 heterocycles. The van der Waals surface area contributed by atoms with Gasteiger partial charge in [0.25, 0.3) is 5.56 Å². The summed E-state index contributed by atoms with van der Waals surface area (Å²) < 4.78 is 18.6. The number of rotatable bonds is 3. The molecule has 118 valence electrons. The van der Waals surface area contributed by atoms with Crippen LogP contribution in [0.15, 0.2) is 34.4 Å². The topological polar surface area (TPSA) is 85.2 Å². The van der Waals surface area contributed by atoms with Crippen LogP contribution in [0.4, 0.5) is 10.1 Å². The van der Waals surface area contributed by atoms with Crippen molar-refractivity contribution >= 4 is 33.9 Å². The Bertz CT molecular complexity index is 962. The molecule has 0 aliphatic rings. The predicted molar refractivity (Wildman–Crippen MR) is 88.2 cm³/mol. The minimum absolute atomic E-state index is 0.0559. The van der Waals surface area contributed by atoms with Crippen molar-refractivity contribution in [2.45, 2.75) is 6.92 Å². The van der Waals surface area contributed by atoms with Crippen molar-refractivity contribution in [3.63, 3.8) is 0 Å². The van der Waals surface area contributed by atoms with Gasteiger partial charge in [-0.05, 0) is 30.0 Å². The van der Waals surface area contributed by atoms with Gasteiger partial charge in [-0.15, -0.1) is 11.3 Å². The summed E-state index contributed by atoms with van der Waals surface area (Å²) in [7, 11) is 0. The summed E-state index contributed by atoms with van der Waals surface area (Å²) in [5.41, 5.74) is 6.24. The van der Waals surface area contributed by atoms with Crippen LogP contribution in [0.1, 0.15) is 17.3 Å². The third-order valence-corrected chi connectivity index (χ3v) is 4.35. The monoisotopic (exact) mass is 332 g/mol. The summed E-state index contributed by atoms with van der Waals surface area (Å²) in [4.78, 5) is 27.1. The van der Waals surface area contributed by atoms with E-state index in [4.69, 9.17) is 10.5 Å². The van der Waals surface area contributed by atoms with Crippen molar-refractivity contribution in [2.75, 3.05) is 12.3 Å². The average Bonchev–Trinajstić information content (AvgIpc) is 2.93. The molecule has 2 aromatic heterocycles. The van der Waals surface area contributed by atoms with E-state index < -0.39 is 11.5 Å². The quantitative estimate of drug-likeness (QED) is 0.722. The first-order valence-corrected chi connectivity index (χ1v) is 7.77. The molecule has 5 nitrogen and oxygen atoms in total. The number of H-pyrrole nitrogens is 1. The summed E-state index contributed by atoms with van der Waals surface area (Å²) in [6, 6.07) is 6.36. The standard InChI is InChI=1S/C16H13FN2O3S/c1-2-22-16(21)12-13(18)9-4-3-8(7-11(9)19-15(12)20)14-10(17)5-6-23-14/h3-7H,2H2,1H3,(H3,18,19,20). The molecule has 3 N–H and O–H groups in total. The van der Waals surface area contributed by atoms with Crippen molar-refractivity contribution in [3.8, 4) is 10.4 Å². The molecule has 3 rings (SSSR count). The summed E-state index contributed by atoms with van der Waals surface area (Å²) in [6.07, 6.45) is 0. The SMILES string of the molecule is CCOC(=O)c1c(N)c2ccc(-c3sccc3F)cc2[nH]c1=O. The number of nitrogen functional groups attached to an aromatic ring is 1. The van der Waals surface area contributed by atoms with Crippen molar-refractivity contribution in [2.24, 2.45) is 0 Å². The lowest BCUT2D eigenvalue weighted by atomic mass is 10.1. The van der Waals surface area contributed by atoms with E-state index in [0.717, 1.165) is 0 Å². The number of nitrogens with two attached hydrogens (primary N) is 1. The zero-order chi connectivity index (χ0) is 16.6. The Kier molecular flexibility index (Phi) is 3.87. The molecule has 0 bridgehead atoms. The number of hydrogen-bond acceptors (Lipinski definition) is 5. The zero-order valence-corrected chi connectivity index (χ0v) is 13.0. The fourth-order valence-corrected chi connectivity index (χ4v) is 3.14. The Balaban J connectivity index is 2.20. The van der Waals surface area contributed by atoms with Crippen LogP contribution >= 0.6 is 11.3 Å². The number of thiophene rings is 1. The normalized spacial score (nSPS) is 10.9. The van der Waals surface area contributed by atoms with Crippen molar-refractivity contribution in [1.29, 1.82) is 0 Å². The minimum atomic E-state index is -0.762. The zero-order valence-electron chi connectivity index (χ0n) is 12.2. The van der Waals surface area contributed by atoms with Gasteiger partial charge in [0.1, 0.15) is 11.4 Å². The highest BCUT2D eigenvalue weighted by Crippen LogP contribution is 2.31. The van der Waals surface area contributed by atoms with Gasteiger partial charge in [0.15, 0.2) is 0 Å². The number of ether oxygens (including phenoxy) is 1. The number of halogens is 1. The molecule has 3 aromatic rings. The molecule has 0 fully saturated rings. The number of carbonyl (C=O) groups is 1. The van der Waals surface area contributed by atoms with Gasteiger partial charge < -0.3 is 15.5 Å². The molecule has 0 saturated heterocycles. The molecule has 0 atom stereocenters. The molecular formula is C16H13FN2O3S. The molecule has 0 radical (unpaired) electrons. The summed E-state index contributed by atoms with van der Waals surface area (Å²) in [5, 5.41) is 2.16. The summed E-state index contributed by atoms with van der Waals surface area (Å²) >= 11 is 1.26. The fourth-order valence-electron chi connectivity index (χ4n) is 2.37. The van der Waals surface area contributed by atoms with E-state index in [1.54, 1.807) is 30.5 Å². The molecule has 1 aromatic carbocycles. The third-order valence-electron chi connectivity index (χ3n) is 3.41. The largest absolute Gasteiger partial charge is 0.462 e. The molecule has 23 heavy (non-hydrogen) atoms. The summed E-state index contributed by atoms with van der Waals surface area (Å²) in [6.45, 7) is 1.79. The van der Waals surface area contributed by atoms with Gasteiger partial charge in [0, 0.05) is 5.39 Å². The predicted octanol–water partition coefficient (Wildman–Crippen LogP) is 3.15. The Morgan fingerprint density at radius 3 is 2.83 bits per heavy atom. The van der Waals surface area contributed by atoms with Crippen LogP contribution in [0.2, 0.25) is 0 Å². The number of anilines is 1. The number of aromatic amines is 1. The van der Waals surface area contributed by atoms with E-state index in [0.29, 0.717) is 21.3 Å². The third kappa shape index (κ3) is 2.59. The van der Waals surface area contributed by atoms with Crippen LogP contribution < -0.4 is 11.3 Å². The lowest BCUT2D eigenvalue weighted by Gasteiger charge is -2.09. The maximum Gasteiger partial charge on any atom is 0.345 e. The molecule has 7 heteroatoms. The molecule has 0 saturated carbocycles. The number of carbonyl (C=O) groups excluding carboxylic acids is 1. The molecule has 0 aliphatic carbocycles. The summed E-state index contributed by atoms with van der Waals surface area (Å²) in [5.74, 6) is -1.09. The highest BCUT2D eigenvalue weighted by molar-refractivity contribution is 7.13. The van der Waals surface area contributed by atoms with Crippen LogP contribution in [0.25, 0.3) is 21.3 Å². The second kappa shape index (κ2) is 5.85. The molecule has 0 amide bonds. The van der Waals surface area contributed by atoms with Gasteiger partial charge in [-0.25, -0.2) is 9.18 Å². The van der Waals surface area contributed by atoms with Gasteiger partial charge >= 0.3 is 5.97 Å². The first-order valence-electron chi connectivity index (χ1n) is 6.89. The van der Waals surface area contributed by atoms with Crippen LogP contribution in [0, 0.1) is 5.82 Å². The van der Waals surface area contributed by atoms with Crippen molar-refractivity contribution in [1.82, 2.24) is 4.98 Å². The number of hydrogen-bond donors (Lipinski definition) is 2. The van der Waals surface area contributed by atoms with Gasteiger partial charge in [-0.3, -0.25) is 4.79 Å². The van der Waals surface area contributed by atoms with Crippen LogP contribution in [0.5, 0.6) is 0 Å². The lowest BCUT2D eigenvalue weighted by Crippen LogP contribution is -2.22. The molecule has 0 unspecified atom stereocenters. The van der Waals surface area contributed by atoms with Crippen LogP contribution in [-0.4, -0.2) is 17.6 Å². The number of aromatic nitrogens is 1. The van der Waals surface area contributed by atoms with E-state index in [2.05, 4.69) is 4.98 Å². The van der Waals surface area contributed by atoms with E-state index in [-0.39, 0.29) is 23.7 Å². The second-order valence-corrected chi connectivity index (χ2v) is 5.74. The first-order chi connectivity index (χ1) is 11.0. The number of nitrogens with one attached hydrogen (secondary N) is 1. The van der Waals surface area contributed by atoms with Gasteiger partial charge in [0.05, 0.1) is 22.7 Å². The van der Waals surface area contributed by atoms with Gasteiger partial charge in [0.2, 0.25) is 0 Å². The van der Waals surface area contributed by atoms with Crippen molar-refractivity contribution in [3.05, 3.63) is 51.4 Å². The molecule has 0 spiro atoms. The van der Waals surface area contributed by atoms with Crippen molar-refractivity contribution < 1.29 is 13.9 Å². The van der Waals surface area contributed by atoms with Gasteiger partial charge in [-0.1, -0.05) is 12.1 Å². The molecular weight excluding hydrogens is 319 g/mol. The highest BCUT2D eigenvalue weighted by Gasteiger charge is 2.19. The highest BCUT2D eigenvalue weighted by atomic mass is 32.1. The number of esters is 1. The minimum Gasteiger partial charge on any atom is -0.462 e. The Hall–Kier alpha value is -2.67. The Labute approximate surface area is 134 Å². The van der Waals surface area contributed by atoms with Crippen LogP contribution in [-0.2, 0) is 4.74 Å². The fraction of sp³-hybridized carbons (Fsp3) is 0.125. The maximum atomic E-state index is 13.7. The first kappa shape index (κ1) is 15.2. The van der Waals surface area contributed by atoms with E-state index in [1.165, 1.54) is 17.4 Å². The number of pyridine rings is 1.